The van der Waals surface area contributed by atoms with Gasteiger partial charge in [0.2, 0.25) is 0 Å². The van der Waals surface area contributed by atoms with Crippen LogP contribution in [0.4, 0.5) is 0 Å². The van der Waals surface area contributed by atoms with Crippen LogP contribution >= 0.6 is 0 Å². The van der Waals surface area contributed by atoms with Crippen LogP contribution in [0.5, 0.6) is 0 Å². The molecule has 9 nitrogen and oxygen atoms in total. The van der Waals surface area contributed by atoms with Gasteiger partial charge in [0.1, 0.15) is 23.6 Å². The first-order valence-corrected chi connectivity index (χ1v) is 13.8. The molecule has 0 radical (unpaired) electrons. The van der Waals surface area contributed by atoms with Gasteiger partial charge in [0.05, 0.1) is 29.1 Å². The molecule has 0 bridgehead atoms. The number of ether oxygens (including phenoxy) is 4. The normalized spacial score (nSPS) is 49.1. The molecule has 2 N–H and O–H groups in total. The maximum atomic E-state index is 13.3. The van der Waals surface area contributed by atoms with Crippen LogP contribution in [-0.2, 0) is 33.3 Å². The maximum Gasteiger partial charge on any atom is 0.339 e. The Morgan fingerprint density at radius 2 is 1.84 bits per heavy atom. The molecule has 0 aromatic carbocycles. The van der Waals surface area contributed by atoms with Crippen molar-refractivity contribution >= 4 is 17.9 Å². The van der Waals surface area contributed by atoms with Gasteiger partial charge in [-0.25, -0.2) is 4.79 Å². The van der Waals surface area contributed by atoms with Gasteiger partial charge in [0.25, 0.3) is 0 Å². The summed E-state index contributed by atoms with van der Waals surface area (Å²) in [4.78, 5) is 37.4. The highest BCUT2D eigenvalue weighted by Crippen LogP contribution is 2.63. The summed E-state index contributed by atoms with van der Waals surface area (Å²) in [5, 5.41) is 23.8. The van der Waals surface area contributed by atoms with E-state index in [0.717, 1.165) is 0 Å². The molecule has 6 aliphatic rings. The molecule has 208 valence electrons. The SMILES string of the molecule is CC1=CC(=CC(C)C2CC(C)(C3CC4(O)CC56OC(=O)CC5OC(C)(C)C6CCC4C3O)C(=O)O2)OC1=O. The van der Waals surface area contributed by atoms with E-state index in [-0.39, 0.29) is 43.0 Å². The average Bonchev–Trinajstić information content (AvgIpc) is 3.48. The molecular formula is C29H38O9. The van der Waals surface area contributed by atoms with E-state index in [4.69, 9.17) is 18.9 Å². The third-order valence-corrected chi connectivity index (χ3v) is 10.6. The third-order valence-electron chi connectivity index (χ3n) is 10.6. The lowest BCUT2D eigenvalue weighted by Crippen LogP contribution is -2.50. The summed E-state index contributed by atoms with van der Waals surface area (Å²) >= 11 is 0. The van der Waals surface area contributed by atoms with Crippen LogP contribution in [0, 0.1) is 29.1 Å². The van der Waals surface area contributed by atoms with Crippen molar-refractivity contribution in [3.8, 4) is 0 Å². The van der Waals surface area contributed by atoms with Crippen LogP contribution in [0.2, 0.25) is 0 Å². The summed E-state index contributed by atoms with van der Waals surface area (Å²) in [5.41, 5.74) is -3.22. The summed E-state index contributed by atoms with van der Waals surface area (Å²) in [7, 11) is 0. The van der Waals surface area contributed by atoms with Crippen molar-refractivity contribution in [1.82, 2.24) is 0 Å². The number of hydrogen-bond acceptors (Lipinski definition) is 9. The quantitative estimate of drug-likeness (QED) is 0.418. The molecule has 4 aliphatic heterocycles. The Balaban J connectivity index is 1.25. The van der Waals surface area contributed by atoms with E-state index in [1.165, 1.54) is 0 Å². The van der Waals surface area contributed by atoms with Gasteiger partial charge in [-0.15, -0.1) is 0 Å². The number of fused-ring (bicyclic) bond motifs is 1. The number of carbonyl (C=O) groups is 3. The molecule has 0 aromatic rings. The van der Waals surface area contributed by atoms with Gasteiger partial charge in [-0.3, -0.25) is 9.59 Å². The number of allylic oxidation sites excluding steroid dienone is 1. The molecule has 0 aromatic heterocycles. The average molecular weight is 531 g/mol. The Kier molecular flexibility index (Phi) is 5.58. The Labute approximate surface area is 222 Å². The van der Waals surface area contributed by atoms with Crippen molar-refractivity contribution in [2.45, 2.75) is 108 Å². The number of cyclic esters (lactones) is 2. The van der Waals surface area contributed by atoms with Crippen molar-refractivity contribution in [3.05, 3.63) is 23.5 Å². The lowest BCUT2D eigenvalue weighted by atomic mass is 9.69. The minimum atomic E-state index is -1.30. The summed E-state index contributed by atoms with van der Waals surface area (Å²) in [5.74, 6) is -1.91. The van der Waals surface area contributed by atoms with E-state index < -0.39 is 58.3 Å². The first kappa shape index (κ1) is 26.0. The molecule has 1 spiro atoms. The van der Waals surface area contributed by atoms with Crippen LogP contribution < -0.4 is 0 Å². The second-order valence-electron chi connectivity index (χ2n) is 13.4. The smallest absolute Gasteiger partial charge is 0.339 e. The predicted molar refractivity (Wildman–Crippen MR) is 132 cm³/mol. The molecule has 2 aliphatic carbocycles. The van der Waals surface area contributed by atoms with Crippen LogP contribution in [0.3, 0.4) is 0 Å². The molecule has 6 rings (SSSR count). The van der Waals surface area contributed by atoms with E-state index >= 15 is 0 Å². The van der Waals surface area contributed by atoms with Gasteiger partial charge in [-0.05, 0) is 59.1 Å². The van der Waals surface area contributed by atoms with Crippen LogP contribution in [0.1, 0.15) is 73.1 Å². The molecule has 4 heterocycles. The molecule has 2 saturated carbocycles. The molecular weight excluding hydrogens is 492 g/mol. The van der Waals surface area contributed by atoms with Crippen LogP contribution in [0.15, 0.2) is 23.5 Å². The third kappa shape index (κ3) is 3.57. The maximum absolute atomic E-state index is 13.3. The zero-order valence-corrected chi connectivity index (χ0v) is 22.7. The Morgan fingerprint density at radius 3 is 2.53 bits per heavy atom. The van der Waals surface area contributed by atoms with E-state index in [2.05, 4.69) is 0 Å². The fraction of sp³-hybridized carbons (Fsp3) is 0.759. The van der Waals surface area contributed by atoms with Gasteiger partial charge in [-0.2, -0.15) is 0 Å². The number of carbonyl (C=O) groups excluding carboxylic acids is 3. The second-order valence-corrected chi connectivity index (χ2v) is 13.4. The van der Waals surface area contributed by atoms with E-state index in [9.17, 15) is 24.6 Å². The molecule has 10 atom stereocenters. The predicted octanol–water partition coefficient (Wildman–Crippen LogP) is 2.72. The Bertz CT molecular complexity index is 1150. The molecule has 3 saturated heterocycles. The van der Waals surface area contributed by atoms with Gasteiger partial charge in [0.15, 0.2) is 0 Å². The van der Waals surface area contributed by atoms with E-state index in [0.29, 0.717) is 30.6 Å². The summed E-state index contributed by atoms with van der Waals surface area (Å²) in [6.07, 6.45) is 3.81. The Morgan fingerprint density at radius 1 is 1.11 bits per heavy atom. The summed E-state index contributed by atoms with van der Waals surface area (Å²) in [6, 6.07) is 0. The van der Waals surface area contributed by atoms with Gasteiger partial charge in [0, 0.05) is 42.1 Å². The summed E-state index contributed by atoms with van der Waals surface area (Å²) in [6.45, 7) is 9.42. The fourth-order valence-electron chi connectivity index (χ4n) is 8.65. The molecule has 9 heteroatoms. The molecule has 38 heavy (non-hydrogen) atoms. The lowest BCUT2D eigenvalue weighted by molar-refractivity contribution is -0.160. The lowest BCUT2D eigenvalue weighted by Gasteiger charge is -2.39. The van der Waals surface area contributed by atoms with Crippen molar-refractivity contribution < 1.29 is 43.5 Å². The van der Waals surface area contributed by atoms with Crippen LogP contribution in [0.25, 0.3) is 0 Å². The summed E-state index contributed by atoms with van der Waals surface area (Å²) < 4.78 is 23.4. The molecule has 0 amide bonds. The fourth-order valence-corrected chi connectivity index (χ4v) is 8.65. The van der Waals surface area contributed by atoms with E-state index in [1.807, 2.05) is 27.7 Å². The van der Waals surface area contributed by atoms with E-state index in [1.54, 1.807) is 19.1 Å². The first-order valence-electron chi connectivity index (χ1n) is 13.8. The van der Waals surface area contributed by atoms with Crippen molar-refractivity contribution in [1.29, 1.82) is 0 Å². The molecule has 10 unspecified atom stereocenters. The highest BCUT2D eigenvalue weighted by Gasteiger charge is 2.72. The van der Waals surface area contributed by atoms with Crippen molar-refractivity contribution in [2.75, 3.05) is 0 Å². The van der Waals surface area contributed by atoms with Crippen molar-refractivity contribution in [2.24, 2.45) is 29.1 Å². The standard InChI is InChI=1S/C29H38O9/c1-14(8-16-9-15(2)24(32)35-16)19-12-27(5,25(33)36-19)18-11-28(34)13-29-20(7-6-17(28)23(18)31)26(3,4)37-21(29)10-22(30)38-29/h8-9,14,17-21,23,31,34H,6-7,10-13H2,1-5H3. The zero-order valence-electron chi connectivity index (χ0n) is 22.7. The van der Waals surface area contributed by atoms with Gasteiger partial charge >= 0.3 is 17.9 Å². The minimum Gasteiger partial charge on any atom is -0.461 e. The van der Waals surface area contributed by atoms with Crippen molar-refractivity contribution in [3.63, 3.8) is 0 Å². The van der Waals surface area contributed by atoms with Gasteiger partial charge < -0.3 is 29.2 Å². The number of aliphatic hydroxyl groups is 2. The zero-order chi connectivity index (χ0) is 27.4. The Hall–Kier alpha value is -2.23. The number of hydrogen-bond donors (Lipinski definition) is 2. The largest absolute Gasteiger partial charge is 0.461 e. The number of aliphatic hydroxyl groups excluding tert-OH is 1. The highest BCUT2D eigenvalue weighted by molar-refractivity contribution is 5.92. The highest BCUT2D eigenvalue weighted by atomic mass is 16.6. The second kappa shape index (κ2) is 8.15. The van der Waals surface area contributed by atoms with Crippen LogP contribution in [-0.4, -0.2) is 63.2 Å². The topological polar surface area (TPSA) is 129 Å². The monoisotopic (exact) mass is 530 g/mol. The first-order chi connectivity index (χ1) is 17.7. The number of esters is 3. The minimum absolute atomic E-state index is 0.0839. The molecule has 5 fully saturated rings. The van der Waals surface area contributed by atoms with Gasteiger partial charge in [-0.1, -0.05) is 6.92 Å². The number of rotatable bonds is 3.